The van der Waals surface area contributed by atoms with Crippen LogP contribution in [-0.4, -0.2) is 60.5 Å². The van der Waals surface area contributed by atoms with Crippen LogP contribution in [0.25, 0.3) is 0 Å². The molecule has 0 spiro atoms. The molecule has 10 nitrogen and oxygen atoms in total. The maximum atomic E-state index is 13.4. The van der Waals surface area contributed by atoms with Crippen LogP contribution in [0, 0.1) is 11.3 Å². The Morgan fingerprint density at radius 3 is 2.49 bits per heavy atom. The lowest BCUT2D eigenvalue weighted by molar-refractivity contribution is -0.136. The van der Waals surface area contributed by atoms with Crippen LogP contribution >= 0.6 is 11.8 Å². The van der Waals surface area contributed by atoms with Crippen LogP contribution in [0.1, 0.15) is 47.5 Å². The number of benzene rings is 2. The summed E-state index contributed by atoms with van der Waals surface area (Å²) in [7, 11) is 0. The zero-order chi connectivity index (χ0) is 29.7. The van der Waals surface area contributed by atoms with Crippen LogP contribution in [-0.2, 0) is 19.1 Å². The molecule has 2 aromatic carbocycles. The highest BCUT2D eigenvalue weighted by atomic mass is 32.2. The van der Waals surface area contributed by atoms with Gasteiger partial charge in [-0.15, -0.1) is 0 Å². The standard InChI is InChI=1S/C30H40N4O6S/c1-17(2)14-22(27(36)32-20-12-13-39-29(20)38)33-28(37)26(30(3,4)5)34-25(35)16-40-18-10-11-24-21(15-18)31-19-8-6-7-9-23(19)41-24/h6-11,15,17,20,22,26,29,31,38H,12-14,16H2,1-5H3,(H,32,36)(H,33,37)(H,34,35)/t20-,22-,26+,29?/m0/s1. The molecule has 1 fully saturated rings. The number of rotatable bonds is 10. The maximum absolute atomic E-state index is 13.4. The highest BCUT2D eigenvalue weighted by molar-refractivity contribution is 7.99. The number of fused-ring (bicyclic) bond motifs is 2. The molecule has 1 unspecified atom stereocenters. The van der Waals surface area contributed by atoms with Crippen molar-refractivity contribution in [3.8, 4) is 5.75 Å². The van der Waals surface area contributed by atoms with E-state index in [1.807, 2.05) is 71.0 Å². The number of para-hydroxylation sites is 1. The minimum Gasteiger partial charge on any atom is -0.484 e. The van der Waals surface area contributed by atoms with E-state index < -0.39 is 47.6 Å². The van der Waals surface area contributed by atoms with Crippen molar-refractivity contribution in [3.63, 3.8) is 0 Å². The van der Waals surface area contributed by atoms with E-state index in [4.69, 9.17) is 9.47 Å². The van der Waals surface area contributed by atoms with Gasteiger partial charge in [0.05, 0.1) is 24.0 Å². The van der Waals surface area contributed by atoms with Crippen LogP contribution in [0.4, 0.5) is 11.4 Å². The lowest BCUT2D eigenvalue weighted by Crippen LogP contribution is -2.59. The van der Waals surface area contributed by atoms with Crippen LogP contribution in [0.2, 0.25) is 0 Å². The molecule has 2 aromatic rings. The van der Waals surface area contributed by atoms with Crippen molar-refractivity contribution in [2.45, 2.75) is 81.7 Å². The summed E-state index contributed by atoms with van der Waals surface area (Å²) in [6.45, 7) is 9.49. The molecular formula is C30H40N4O6S. The Hall–Kier alpha value is -3.28. The van der Waals surface area contributed by atoms with Crippen molar-refractivity contribution < 1.29 is 29.0 Å². The molecule has 222 valence electrons. The first-order valence-corrected chi connectivity index (χ1v) is 14.7. The SMILES string of the molecule is CC(C)C[C@H](NC(=O)[C@@H](NC(=O)COc1ccc2c(c1)Nc1ccccc1S2)C(C)(C)C)C(=O)N[C@H]1CCOC1O. The van der Waals surface area contributed by atoms with Gasteiger partial charge in [0.1, 0.15) is 17.8 Å². The second-order valence-electron chi connectivity index (χ2n) is 11.9. The predicted molar refractivity (Wildman–Crippen MR) is 157 cm³/mol. The Morgan fingerprint density at radius 1 is 1.07 bits per heavy atom. The monoisotopic (exact) mass is 584 g/mol. The summed E-state index contributed by atoms with van der Waals surface area (Å²) >= 11 is 1.66. The van der Waals surface area contributed by atoms with Crippen molar-refractivity contribution in [3.05, 3.63) is 42.5 Å². The smallest absolute Gasteiger partial charge is 0.258 e. The van der Waals surface area contributed by atoms with Gasteiger partial charge in [0.25, 0.3) is 5.91 Å². The van der Waals surface area contributed by atoms with E-state index in [1.165, 1.54) is 0 Å². The van der Waals surface area contributed by atoms with Crippen molar-refractivity contribution in [2.24, 2.45) is 11.3 Å². The Bertz CT molecular complexity index is 1260. The number of anilines is 2. The zero-order valence-electron chi connectivity index (χ0n) is 24.2. The third-order valence-corrected chi connectivity index (χ3v) is 8.01. The second kappa shape index (κ2) is 13.1. The first kappa shape index (κ1) is 30.7. The van der Waals surface area contributed by atoms with Crippen LogP contribution in [0.3, 0.4) is 0 Å². The topological polar surface area (TPSA) is 138 Å². The zero-order valence-corrected chi connectivity index (χ0v) is 25.0. The van der Waals surface area contributed by atoms with Crippen LogP contribution in [0.5, 0.6) is 5.75 Å². The normalized spacial score (nSPS) is 19.3. The van der Waals surface area contributed by atoms with E-state index >= 15 is 0 Å². The maximum Gasteiger partial charge on any atom is 0.258 e. The Balaban J connectivity index is 1.36. The molecule has 2 aliphatic heterocycles. The summed E-state index contributed by atoms with van der Waals surface area (Å²) in [5, 5.41) is 21.7. The van der Waals surface area contributed by atoms with Gasteiger partial charge in [-0.2, -0.15) is 0 Å². The van der Waals surface area contributed by atoms with Gasteiger partial charge in [0.15, 0.2) is 12.9 Å². The molecule has 4 rings (SSSR count). The molecule has 2 aliphatic rings. The van der Waals surface area contributed by atoms with E-state index in [-0.39, 0.29) is 12.5 Å². The van der Waals surface area contributed by atoms with E-state index in [9.17, 15) is 19.5 Å². The molecule has 0 bridgehead atoms. The Kier molecular flexibility index (Phi) is 9.83. The van der Waals surface area contributed by atoms with Gasteiger partial charge in [-0.25, -0.2) is 0 Å². The summed E-state index contributed by atoms with van der Waals surface area (Å²) in [5.41, 5.74) is 1.26. The van der Waals surface area contributed by atoms with Crippen molar-refractivity contribution >= 4 is 40.9 Å². The Labute approximate surface area is 245 Å². The average Bonchev–Trinajstić information content (AvgIpc) is 3.31. The summed E-state index contributed by atoms with van der Waals surface area (Å²) in [6.07, 6.45) is -0.191. The fourth-order valence-corrected chi connectivity index (χ4v) is 5.66. The summed E-state index contributed by atoms with van der Waals surface area (Å²) < 4.78 is 10.9. The molecule has 4 atom stereocenters. The fraction of sp³-hybridized carbons (Fsp3) is 0.500. The lowest BCUT2D eigenvalue weighted by Gasteiger charge is -2.32. The van der Waals surface area contributed by atoms with Crippen molar-refractivity contribution in [1.29, 1.82) is 0 Å². The molecule has 0 aromatic heterocycles. The van der Waals surface area contributed by atoms with E-state index in [0.29, 0.717) is 25.2 Å². The van der Waals surface area contributed by atoms with Crippen LogP contribution < -0.4 is 26.0 Å². The van der Waals surface area contributed by atoms with E-state index in [0.717, 1.165) is 21.2 Å². The first-order valence-electron chi connectivity index (χ1n) is 13.9. The van der Waals surface area contributed by atoms with Gasteiger partial charge < -0.3 is 35.8 Å². The van der Waals surface area contributed by atoms with Crippen molar-refractivity contribution in [2.75, 3.05) is 18.5 Å². The number of aliphatic hydroxyl groups is 1. The fourth-order valence-electron chi connectivity index (χ4n) is 4.69. The number of hydrogen-bond donors (Lipinski definition) is 5. The highest BCUT2D eigenvalue weighted by Gasteiger charge is 2.36. The number of aliphatic hydroxyl groups excluding tert-OH is 1. The molecule has 41 heavy (non-hydrogen) atoms. The number of hydrogen-bond acceptors (Lipinski definition) is 8. The molecular weight excluding hydrogens is 544 g/mol. The van der Waals surface area contributed by atoms with E-state index in [1.54, 1.807) is 11.8 Å². The number of nitrogens with one attached hydrogen (secondary N) is 4. The minimum atomic E-state index is -1.07. The van der Waals surface area contributed by atoms with Gasteiger partial charge in [0.2, 0.25) is 11.8 Å². The second-order valence-corrected chi connectivity index (χ2v) is 13.0. The number of ether oxygens (including phenoxy) is 2. The number of carbonyl (C=O) groups is 3. The molecule has 5 N–H and O–H groups in total. The summed E-state index contributed by atoms with van der Waals surface area (Å²) in [5.74, 6) is -0.685. The predicted octanol–water partition coefficient (Wildman–Crippen LogP) is 3.56. The van der Waals surface area contributed by atoms with Gasteiger partial charge >= 0.3 is 0 Å². The van der Waals surface area contributed by atoms with Gasteiger partial charge in [-0.1, -0.05) is 58.5 Å². The van der Waals surface area contributed by atoms with Crippen molar-refractivity contribution in [1.82, 2.24) is 16.0 Å². The third kappa shape index (κ3) is 8.15. The first-order chi connectivity index (χ1) is 19.4. The number of carbonyl (C=O) groups excluding carboxylic acids is 3. The quantitative estimate of drug-likeness (QED) is 0.244. The van der Waals surface area contributed by atoms with Gasteiger partial charge in [-0.05, 0) is 48.4 Å². The molecule has 11 heteroatoms. The third-order valence-electron chi connectivity index (χ3n) is 6.86. The Morgan fingerprint density at radius 2 is 1.80 bits per heavy atom. The molecule has 0 aliphatic carbocycles. The summed E-state index contributed by atoms with van der Waals surface area (Å²) in [4.78, 5) is 41.6. The van der Waals surface area contributed by atoms with E-state index in [2.05, 4.69) is 27.3 Å². The largest absolute Gasteiger partial charge is 0.484 e. The average molecular weight is 585 g/mol. The molecule has 0 saturated carbocycles. The van der Waals surface area contributed by atoms with Gasteiger partial charge in [-0.3, -0.25) is 14.4 Å². The van der Waals surface area contributed by atoms with Crippen LogP contribution in [0.15, 0.2) is 52.3 Å². The summed E-state index contributed by atoms with van der Waals surface area (Å²) in [6, 6.07) is 11.3. The molecule has 2 heterocycles. The minimum absolute atomic E-state index is 0.116. The molecule has 1 saturated heterocycles. The molecule has 0 radical (unpaired) electrons. The number of amides is 3. The lowest BCUT2D eigenvalue weighted by atomic mass is 9.85. The molecule has 3 amide bonds. The van der Waals surface area contributed by atoms with Gasteiger partial charge in [0, 0.05) is 15.9 Å². The highest BCUT2D eigenvalue weighted by Crippen LogP contribution is 2.45.